The molecule has 2 rings (SSSR count). The molecule has 0 bridgehead atoms. The van der Waals surface area contributed by atoms with Crippen LogP contribution in [0.2, 0.25) is 0 Å². The largest absolute Gasteiger partial charge is 0.507 e. The second-order valence-corrected chi connectivity index (χ2v) is 6.89. The first kappa shape index (κ1) is 15.4. The minimum atomic E-state index is -0.799. The summed E-state index contributed by atoms with van der Waals surface area (Å²) in [6.07, 6.45) is 2.20. The predicted molar refractivity (Wildman–Crippen MR) is 82.4 cm³/mol. The number of phenols is 1. The number of aliphatic carboxylic acids is 1. The highest BCUT2D eigenvalue weighted by atomic mass is 79.9. The third-order valence-corrected chi connectivity index (χ3v) is 4.98. The molecule has 1 aromatic rings. The lowest BCUT2D eigenvalue weighted by atomic mass is 9.84. The molecule has 0 saturated heterocycles. The van der Waals surface area contributed by atoms with E-state index in [4.69, 9.17) is 5.11 Å². The first-order valence-corrected chi connectivity index (χ1v) is 7.85. The number of hydrogen-bond donors (Lipinski definition) is 2. The molecule has 0 spiro atoms. The Labute approximate surface area is 128 Å². The molecule has 0 aromatic heterocycles. The molecule has 1 aliphatic rings. The molecule has 4 heteroatoms. The number of carboxylic acids is 1. The van der Waals surface area contributed by atoms with E-state index in [0.717, 1.165) is 34.0 Å². The van der Waals surface area contributed by atoms with Crippen molar-refractivity contribution in [3.8, 4) is 5.75 Å². The zero-order valence-corrected chi connectivity index (χ0v) is 13.7. The predicted octanol–water partition coefficient (Wildman–Crippen LogP) is 4.55. The van der Waals surface area contributed by atoms with Crippen LogP contribution in [0.1, 0.15) is 61.6 Å². The first-order valence-electron chi connectivity index (χ1n) is 7.06. The zero-order valence-electron chi connectivity index (χ0n) is 12.1. The highest BCUT2D eigenvalue weighted by Gasteiger charge is 2.37. The van der Waals surface area contributed by atoms with Crippen LogP contribution in [0.5, 0.6) is 5.75 Å². The topological polar surface area (TPSA) is 57.5 Å². The fourth-order valence-electron chi connectivity index (χ4n) is 2.86. The third-order valence-electron chi connectivity index (χ3n) is 4.15. The molecule has 1 aliphatic carbocycles. The Balaban J connectivity index is 2.55. The number of halogens is 1. The normalized spacial score (nSPS) is 16.4. The van der Waals surface area contributed by atoms with E-state index in [1.165, 1.54) is 0 Å². The quantitative estimate of drug-likeness (QED) is 0.826. The Morgan fingerprint density at radius 2 is 2.05 bits per heavy atom. The smallest absolute Gasteiger partial charge is 0.303 e. The number of rotatable bonds is 5. The van der Waals surface area contributed by atoms with Crippen molar-refractivity contribution in [2.24, 2.45) is 5.92 Å². The van der Waals surface area contributed by atoms with Crippen molar-refractivity contribution >= 4 is 21.9 Å². The van der Waals surface area contributed by atoms with Crippen LogP contribution in [0.15, 0.2) is 10.5 Å². The van der Waals surface area contributed by atoms with Gasteiger partial charge in [0.15, 0.2) is 0 Å². The Hall–Kier alpha value is -1.03. The van der Waals surface area contributed by atoms with E-state index in [0.29, 0.717) is 11.7 Å². The summed E-state index contributed by atoms with van der Waals surface area (Å²) in [6, 6.07) is 1.95. The lowest BCUT2D eigenvalue weighted by molar-refractivity contribution is -0.137. The molecule has 0 aliphatic heterocycles. The molecule has 110 valence electrons. The van der Waals surface area contributed by atoms with Gasteiger partial charge in [0.25, 0.3) is 0 Å². The standard InChI is InChI=1S/C16H21BrO3/c1-8(2)11-6-13(17)9(3)15(16(11)20)12(7-14(18)19)10-4-5-10/h6,8,10,12,20H,4-5,7H2,1-3H3,(H,18,19). The summed E-state index contributed by atoms with van der Waals surface area (Å²) in [4.78, 5) is 11.1. The molecule has 1 saturated carbocycles. The van der Waals surface area contributed by atoms with Crippen molar-refractivity contribution in [3.05, 3.63) is 27.2 Å². The maximum Gasteiger partial charge on any atom is 0.303 e. The van der Waals surface area contributed by atoms with Gasteiger partial charge in [-0.2, -0.15) is 0 Å². The van der Waals surface area contributed by atoms with Crippen molar-refractivity contribution in [1.29, 1.82) is 0 Å². The van der Waals surface area contributed by atoms with Crippen molar-refractivity contribution < 1.29 is 15.0 Å². The second kappa shape index (κ2) is 5.76. The Bertz CT molecular complexity index is 533. The number of carbonyl (C=O) groups is 1. The molecule has 20 heavy (non-hydrogen) atoms. The van der Waals surface area contributed by atoms with E-state index < -0.39 is 5.97 Å². The minimum absolute atomic E-state index is 0.0810. The summed E-state index contributed by atoms with van der Waals surface area (Å²) in [5.74, 6) is 0.00784. The van der Waals surface area contributed by atoms with Crippen molar-refractivity contribution in [2.75, 3.05) is 0 Å². The molecule has 0 heterocycles. The molecule has 1 fully saturated rings. The maximum atomic E-state index is 11.1. The summed E-state index contributed by atoms with van der Waals surface area (Å²) in [5, 5.41) is 19.8. The van der Waals surface area contributed by atoms with Crippen molar-refractivity contribution in [1.82, 2.24) is 0 Å². The van der Waals surface area contributed by atoms with Crippen LogP contribution in [0, 0.1) is 12.8 Å². The number of hydrogen-bond acceptors (Lipinski definition) is 2. The highest BCUT2D eigenvalue weighted by Crippen LogP contribution is 2.50. The van der Waals surface area contributed by atoms with Gasteiger partial charge in [-0.15, -0.1) is 0 Å². The molecule has 2 N–H and O–H groups in total. The average Bonchev–Trinajstić information content (AvgIpc) is 3.16. The fourth-order valence-corrected chi connectivity index (χ4v) is 3.32. The lowest BCUT2D eigenvalue weighted by Crippen LogP contribution is -2.11. The van der Waals surface area contributed by atoms with Gasteiger partial charge in [-0.1, -0.05) is 29.8 Å². The Morgan fingerprint density at radius 3 is 2.50 bits per heavy atom. The second-order valence-electron chi connectivity index (χ2n) is 6.03. The van der Waals surface area contributed by atoms with Gasteiger partial charge in [0.05, 0.1) is 6.42 Å². The molecule has 0 amide bonds. The average molecular weight is 341 g/mol. The van der Waals surface area contributed by atoms with Crippen LogP contribution in [0.3, 0.4) is 0 Å². The van der Waals surface area contributed by atoms with Gasteiger partial charge >= 0.3 is 5.97 Å². The van der Waals surface area contributed by atoms with Gasteiger partial charge in [0.2, 0.25) is 0 Å². The van der Waals surface area contributed by atoms with E-state index in [2.05, 4.69) is 15.9 Å². The SMILES string of the molecule is Cc1c(Br)cc(C(C)C)c(O)c1C(CC(=O)O)C1CC1. The van der Waals surface area contributed by atoms with Crippen LogP contribution in [0.4, 0.5) is 0 Å². The maximum absolute atomic E-state index is 11.1. The summed E-state index contributed by atoms with van der Waals surface area (Å²) in [7, 11) is 0. The van der Waals surface area contributed by atoms with Gasteiger partial charge in [-0.25, -0.2) is 0 Å². The number of carboxylic acid groups (broad SMARTS) is 1. The van der Waals surface area contributed by atoms with Gasteiger partial charge in [0.1, 0.15) is 5.75 Å². The summed E-state index contributed by atoms with van der Waals surface area (Å²) in [6.45, 7) is 6.01. The Morgan fingerprint density at radius 1 is 1.45 bits per heavy atom. The molecule has 1 unspecified atom stereocenters. The van der Waals surface area contributed by atoms with Crippen molar-refractivity contribution in [3.63, 3.8) is 0 Å². The summed E-state index contributed by atoms with van der Waals surface area (Å²) in [5.41, 5.74) is 2.67. The third kappa shape index (κ3) is 3.00. The van der Waals surface area contributed by atoms with E-state index >= 15 is 0 Å². The molecule has 1 aromatic carbocycles. The van der Waals surface area contributed by atoms with E-state index in [9.17, 15) is 9.90 Å². The van der Waals surface area contributed by atoms with Crippen molar-refractivity contribution in [2.45, 2.75) is 51.9 Å². The minimum Gasteiger partial charge on any atom is -0.507 e. The number of phenolic OH excluding ortho intramolecular Hbond substituents is 1. The molecular formula is C16H21BrO3. The molecule has 3 nitrogen and oxygen atoms in total. The van der Waals surface area contributed by atoms with E-state index in [-0.39, 0.29) is 18.3 Å². The van der Waals surface area contributed by atoms with Crippen LogP contribution < -0.4 is 0 Å². The van der Waals surface area contributed by atoms with Gasteiger partial charge in [-0.3, -0.25) is 4.79 Å². The first-order chi connectivity index (χ1) is 9.32. The fraction of sp³-hybridized carbons (Fsp3) is 0.562. The molecule has 1 atom stereocenters. The van der Waals surface area contributed by atoms with E-state index in [1.807, 2.05) is 26.8 Å². The number of benzene rings is 1. The van der Waals surface area contributed by atoms with Gasteiger partial charge < -0.3 is 10.2 Å². The summed E-state index contributed by atoms with van der Waals surface area (Å²) >= 11 is 3.54. The highest BCUT2D eigenvalue weighted by molar-refractivity contribution is 9.10. The van der Waals surface area contributed by atoms with Gasteiger partial charge in [-0.05, 0) is 48.8 Å². The lowest BCUT2D eigenvalue weighted by Gasteiger charge is -2.23. The Kier molecular flexibility index (Phi) is 4.43. The van der Waals surface area contributed by atoms with Crippen LogP contribution in [0.25, 0.3) is 0 Å². The number of aromatic hydroxyl groups is 1. The molecule has 0 radical (unpaired) electrons. The van der Waals surface area contributed by atoms with E-state index in [1.54, 1.807) is 0 Å². The van der Waals surface area contributed by atoms with Gasteiger partial charge in [0, 0.05) is 16.0 Å². The van der Waals surface area contributed by atoms with Crippen LogP contribution in [-0.2, 0) is 4.79 Å². The molecular weight excluding hydrogens is 320 g/mol. The monoisotopic (exact) mass is 340 g/mol. The summed E-state index contributed by atoms with van der Waals surface area (Å²) < 4.78 is 0.949. The zero-order chi connectivity index (χ0) is 15.0. The van der Waals surface area contributed by atoms with Crippen LogP contribution in [-0.4, -0.2) is 16.2 Å². The van der Waals surface area contributed by atoms with Crippen LogP contribution >= 0.6 is 15.9 Å².